The van der Waals surface area contributed by atoms with Gasteiger partial charge in [-0.1, -0.05) is 64.7 Å². The molecule has 0 saturated heterocycles. The predicted octanol–water partition coefficient (Wildman–Crippen LogP) is 4.65. The van der Waals surface area contributed by atoms with Crippen molar-refractivity contribution in [2.45, 2.75) is 58.9 Å². The summed E-state index contributed by atoms with van der Waals surface area (Å²) in [6, 6.07) is 10.6. The van der Waals surface area contributed by atoms with Crippen molar-refractivity contribution in [1.82, 2.24) is 5.32 Å². The molecule has 2 nitrogen and oxygen atoms in total. The van der Waals surface area contributed by atoms with Crippen molar-refractivity contribution >= 4 is 0 Å². The van der Waals surface area contributed by atoms with E-state index in [0.717, 1.165) is 24.8 Å². The molecule has 0 spiro atoms. The van der Waals surface area contributed by atoms with Gasteiger partial charge >= 0.3 is 0 Å². The monoisotopic (exact) mass is 277 g/mol. The first-order valence-corrected chi connectivity index (χ1v) is 8.21. The van der Waals surface area contributed by atoms with Gasteiger partial charge in [0.1, 0.15) is 12.4 Å². The molecule has 0 heterocycles. The van der Waals surface area contributed by atoms with Crippen LogP contribution in [-0.2, 0) is 0 Å². The van der Waals surface area contributed by atoms with Crippen LogP contribution in [0.25, 0.3) is 0 Å². The summed E-state index contributed by atoms with van der Waals surface area (Å²) in [6.45, 7) is 8.52. The Kier molecular flexibility index (Phi) is 9.14. The third-order valence-electron chi connectivity index (χ3n) is 3.85. The van der Waals surface area contributed by atoms with Crippen LogP contribution in [0.1, 0.15) is 52.9 Å². The van der Waals surface area contributed by atoms with E-state index in [1.807, 2.05) is 30.3 Å². The number of unbranched alkanes of at least 4 members (excludes halogenated alkanes) is 1. The zero-order valence-electron chi connectivity index (χ0n) is 13.4. The molecule has 2 atom stereocenters. The standard InChI is InChI=1S/C18H31NO/c1-4-7-11-16(5-2)14-17(19-6-3)15-20-18-12-9-8-10-13-18/h8-10,12-13,16-17,19H,4-7,11,14-15H2,1-3H3. The topological polar surface area (TPSA) is 21.3 Å². The lowest BCUT2D eigenvalue weighted by molar-refractivity contribution is 0.233. The van der Waals surface area contributed by atoms with Crippen molar-refractivity contribution in [3.8, 4) is 5.75 Å². The molecule has 0 aliphatic carbocycles. The minimum atomic E-state index is 0.460. The van der Waals surface area contributed by atoms with E-state index in [9.17, 15) is 0 Å². The number of para-hydroxylation sites is 1. The van der Waals surface area contributed by atoms with Gasteiger partial charge in [-0.25, -0.2) is 0 Å². The van der Waals surface area contributed by atoms with Gasteiger partial charge in [-0.3, -0.25) is 0 Å². The van der Waals surface area contributed by atoms with Gasteiger partial charge in [0.15, 0.2) is 0 Å². The van der Waals surface area contributed by atoms with E-state index in [1.54, 1.807) is 0 Å². The summed E-state index contributed by atoms with van der Waals surface area (Å²) in [7, 11) is 0. The minimum Gasteiger partial charge on any atom is -0.492 e. The molecule has 0 aliphatic heterocycles. The van der Waals surface area contributed by atoms with E-state index in [4.69, 9.17) is 4.74 Å². The third kappa shape index (κ3) is 6.95. The van der Waals surface area contributed by atoms with Crippen molar-refractivity contribution in [2.24, 2.45) is 5.92 Å². The van der Waals surface area contributed by atoms with Gasteiger partial charge in [-0.05, 0) is 31.0 Å². The number of hydrogen-bond acceptors (Lipinski definition) is 2. The molecule has 0 aliphatic rings. The maximum atomic E-state index is 5.91. The molecule has 1 rings (SSSR count). The summed E-state index contributed by atoms with van der Waals surface area (Å²) in [5.41, 5.74) is 0. The number of ether oxygens (including phenoxy) is 1. The fraction of sp³-hybridized carbons (Fsp3) is 0.667. The van der Waals surface area contributed by atoms with Crippen LogP contribution in [0.3, 0.4) is 0 Å². The Morgan fingerprint density at radius 2 is 1.85 bits per heavy atom. The summed E-state index contributed by atoms with van der Waals surface area (Å²) in [4.78, 5) is 0. The largest absolute Gasteiger partial charge is 0.492 e. The van der Waals surface area contributed by atoms with Gasteiger partial charge in [-0.15, -0.1) is 0 Å². The van der Waals surface area contributed by atoms with Crippen LogP contribution in [-0.4, -0.2) is 19.2 Å². The van der Waals surface area contributed by atoms with E-state index in [2.05, 4.69) is 26.1 Å². The van der Waals surface area contributed by atoms with Crippen molar-refractivity contribution in [3.63, 3.8) is 0 Å². The fourth-order valence-electron chi connectivity index (χ4n) is 2.60. The van der Waals surface area contributed by atoms with Crippen LogP contribution in [0.4, 0.5) is 0 Å². The van der Waals surface area contributed by atoms with Crippen LogP contribution in [0.15, 0.2) is 30.3 Å². The Hall–Kier alpha value is -1.02. The van der Waals surface area contributed by atoms with Crippen LogP contribution in [0, 0.1) is 5.92 Å². The quantitative estimate of drug-likeness (QED) is 0.635. The molecule has 2 unspecified atom stereocenters. The molecule has 1 N–H and O–H groups in total. The fourth-order valence-corrected chi connectivity index (χ4v) is 2.60. The molecule has 0 aromatic heterocycles. The zero-order valence-corrected chi connectivity index (χ0v) is 13.4. The molecular formula is C18H31NO. The first-order valence-electron chi connectivity index (χ1n) is 8.21. The van der Waals surface area contributed by atoms with Gasteiger partial charge in [0.25, 0.3) is 0 Å². The molecule has 114 valence electrons. The average Bonchev–Trinajstić information content (AvgIpc) is 2.50. The first-order chi connectivity index (χ1) is 9.80. The van der Waals surface area contributed by atoms with E-state index in [1.165, 1.54) is 32.1 Å². The number of nitrogens with one attached hydrogen (secondary N) is 1. The Balaban J connectivity index is 2.42. The lowest BCUT2D eigenvalue weighted by Gasteiger charge is -2.23. The molecule has 0 amide bonds. The lowest BCUT2D eigenvalue weighted by Crippen LogP contribution is -2.36. The minimum absolute atomic E-state index is 0.460. The van der Waals surface area contributed by atoms with Gasteiger partial charge < -0.3 is 10.1 Å². The lowest BCUT2D eigenvalue weighted by atomic mass is 9.92. The van der Waals surface area contributed by atoms with E-state index in [0.29, 0.717) is 6.04 Å². The van der Waals surface area contributed by atoms with Gasteiger partial charge in [0.05, 0.1) is 0 Å². The first kappa shape index (κ1) is 17.0. The second-order valence-electron chi connectivity index (χ2n) is 5.53. The van der Waals surface area contributed by atoms with Crippen molar-refractivity contribution in [2.75, 3.05) is 13.2 Å². The number of likely N-dealkylation sites (N-methyl/N-ethyl adjacent to an activating group) is 1. The highest BCUT2D eigenvalue weighted by molar-refractivity contribution is 5.20. The molecule has 0 radical (unpaired) electrons. The Morgan fingerprint density at radius 1 is 1.10 bits per heavy atom. The molecule has 20 heavy (non-hydrogen) atoms. The van der Waals surface area contributed by atoms with E-state index < -0.39 is 0 Å². The average molecular weight is 277 g/mol. The summed E-state index contributed by atoms with van der Waals surface area (Å²) < 4.78 is 5.91. The van der Waals surface area contributed by atoms with Crippen molar-refractivity contribution in [3.05, 3.63) is 30.3 Å². The summed E-state index contributed by atoms with van der Waals surface area (Å²) in [6.07, 6.45) is 6.48. The summed E-state index contributed by atoms with van der Waals surface area (Å²) >= 11 is 0. The highest BCUT2D eigenvalue weighted by atomic mass is 16.5. The van der Waals surface area contributed by atoms with Crippen molar-refractivity contribution in [1.29, 1.82) is 0 Å². The second-order valence-corrected chi connectivity index (χ2v) is 5.53. The number of rotatable bonds is 11. The highest BCUT2D eigenvalue weighted by Crippen LogP contribution is 2.19. The highest BCUT2D eigenvalue weighted by Gasteiger charge is 2.15. The Labute approximate surface area is 124 Å². The van der Waals surface area contributed by atoms with Gasteiger partial charge in [0.2, 0.25) is 0 Å². The van der Waals surface area contributed by atoms with Gasteiger partial charge in [0, 0.05) is 6.04 Å². The molecule has 1 aromatic rings. The molecular weight excluding hydrogens is 246 g/mol. The van der Waals surface area contributed by atoms with E-state index >= 15 is 0 Å². The van der Waals surface area contributed by atoms with Gasteiger partial charge in [-0.2, -0.15) is 0 Å². The van der Waals surface area contributed by atoms with Crippen LogP contribution in [0.2, 0.25) is 0 Å². The van der Waals surface area contributed by atoms with E-state index in [-0.39, 0.29) is 0 Å². The predicted molar refractivity (Wildman–Crippen MR) is 87.3 cm³/mol. The normalized spacial score (nSPS) is 13.9. The smallest absolute Gasteiger partial charge is 0.119 e. The molecule has 0 fully saturated rings. The summed E-state index contributed by atoms with van der Waals surface area (Å²) in [5.74, 6) is 1.79. The van der Waals surface area contributed by atoms with Crippen molar-refractivity contribution < 1.29 is 4.74 Å². The van der Waals surface area contributed by atoms with Crippen LogP contribution >= 0.6 is 0 Å². The maximum absolute atomic E-state index is 5.91. The number of hydrogen-bond donors (Lipinski definition) is 1. The number of benzene rings is 1. The third-order valence-corrected chi connectivity index (χ3v) is 3.85. The second kappa shape index (κ2) is 10.7. The molecule has 0 bridgehead atoms. The maximum Gasteiger partial charge on any atom is 0.119 e. The zero-order chi connectivity index (χ0) is 14.6. The van der Waals surface area contributed by atoms with Crippen LogP contribution in [0.5, 0.6) is 5.75 Å². The van der Waals surface area contributed by atoms with Crippen LogP contribution < -0.4 is 10.1 Å². The molecule has 1 aromatic carbocycles. The summed E-state index contributed by atoms with van der Waals surface area (Å²) in [5, 5.41) is 3.57. The molecule has 2 heteroatoms. The Bertz CT molecular complexity index is 325. The molecule has 0 saturated carbocycles. The SMILES string of the molecule is CCCCC(CC)CC(COc1ccccc1)NCC. The Morgan fingerprint density at radius 3 is 2.45 bits per heavy atom.